The van der Waals surface area contributed by atoms with Crippen LogP contribution >= 0.6 is 22.9 Å². The van der Waals surface area contributed by atoms with Gasteiger partial charge in [-0.2, -0.15) is 4.31 Å². The second-order valence-electron chi connectivity index (χ2n) is 5.41. The molecule has 0 spiro atoms. The summed E-state index contributed by atoms with van der Waals surface area (Å²) in [6.45, 7) is 1.65. The Bertz CT molecular complexity index is 644. The normalized spacial score (nSPS) is 24.7. The van der Waals surface area contributed by atoms with Gasteiger partial charge in [0.05, 0.1) is 4.34 Å². The zero-order valence-corrected chi connectivity index (χ0v) is 13.9. The summed E-state index contributed by atoms with van der Waals surface area (Å²) in [5.41, 5.74) is 0. The van der Waals surface area contributed by atoms with Crippen molar-refractivity contribution in [2.75, 3.05) is 19.6 Å². The van der Waals surface area contributed by atoms with Crippen LogP contribution in [0.1, 0.15) is 25.7 Å². The highest BCUT2D eigenvalue weighted by Gasteiger charge is 2.36. The minimum Gasteiger partial charge on any atom is -0.338 e. The van der Waals surface area contributed by atoms with E-state index in [1.807, 2.05) is 4.90 Å². The van der Waals surface area contributed by atoms with Crippen molar-refractivity contribution in [1.82, 2.24) is 9.21 Å². The van der Waals surface area contributed by atoms with Gasteiger partial charge in [-0.15, -0.1) is 11.3 Å². The molecule has 3 heterocycles. The number of nitrogens with zero attached hydrogens (tertiary/aromatic N) is 2. The van der Waals surface area contributed by atoms with E-state index in [2.05, 4.69) is 0 Å². The minimum absolute atomic E-state index is 0.0129. The topological polar surface area (TPSA) is 57.7 Å². The van der Waals surface area contributed by atoms with E-state index in [0.29, 0.717) is 23.8 Å². The molecule has 0 N–H and O–H groups in total. The molecule has 2 aliphatic heterocycles. The quantitative estimate of drug-likeness (QED) is 0.841. The summed E-state index contributed by atoms with van der Waals surface area (Å²) < 4.78 is 27.5. The van der Waals surface area contributed by atoms with Crippen molar-refractivity contribution >= 4 is 38.9 Å². The molecule has 0 radical (unpaired) electrons. The Labute approximate surface area is 133 Å². The molecule has 0 aliphatic carbocycles. The molecule has 5 nitrogen and oxygen atoms in total. The lowest BCUT2D eigenvalue weighted by Gasteiger charge is -2.36. The van der Waals surface area contributed by atoms with Gasteiger partial charge in [0.15, 0.2) is 0 Å². The Morgan fingerprint density at radius 1 is 1.24 bits per heavy atom. The number of hydrogen-bond acceptors (Lipinski definition) is 4. The van der Waals surface area contributed by atoms with Crippen LogP contribution in [0.5, 0.6) is 0 Å². The number of sulfonamides is 1. The largest absolute Gasteiger partial charge is 0.338 e. The molecule has 2 aliphatic rings. The van der Waals surface area contributed by atoms with Crippen molar-refractivity contribution in [3.05, 3.63) is 16.5 Å². The highest BCUT2D eigenvalue weighted by Crippen LogP contribution is 2.31. The van der Waals surface area contributed by atoms with Gasteiger partial charge in [-0.1, -0.05) is 11.6 Å². The third-order valence-electron chi connectivity index (χ3n) is 4.05. The van der Waals surface area contributed by atoms with Crippen LogP contribution in [0.4, 0.5) is 0 Å². The van der Waals surface area contributed by atoms with Crippen molar-refractivity contribution in [3.63, 3.8) is 0 Å². The first kappa shape index (κ1) is 15.3. The van der Waals surface area contributed by atoms with Crippen LogP contribution in [0.3, 0.4) is 0 Å². The van der Waals surface area contributed by atoms with Crippen molar-refractivity contribution in [2.45, 2.75) is 35.9 Å². The summed E-state index contributed by atoms with van der Waals surface area (Å²) >= 11 is 6.92. The first-order valence-electron chi connectivity index (χ1n) is 7.03. The van der Waals surface area contributed by atoms with Gasteiger partial charge in [-0.05, 0) is 31.4 Å². The lowest BCUT2D eigenvalue weighted by molar-refractivity contribution is -0.130. The molecule has 0 bridgehead atoms. The fourth-order valence-electron chi connectivity index (χ4n) is 3.01. The van der Waals surface area contributed by atoms with Gasteiger partial charge in [-0.25, -0.2) is 8.42 Å². The van der Waals surface area contributed by atoms with Crippen LogP contribution in [0.2, 0.25) is 4.34 Å². The maximum atomic E-state index is 12.6. The van der Waals surface area contributed by atoms with E-state index in [4.69, 9.17) is 11.6 Å². The molecule has 3 rings (SSSR count). The predicted molar refractivity (Wildman–Crippen MR) is 82.1 cm³/mol. The van der Waals surface area contributed by atoms with Gasteiger partial charge in [0, 0.05) is 32.1 Å². The third-order valence-corrected chi connectivity index (χ3v) is 7.62. The Morgan fingerprint density at radius 3 is 2.67 bits per heavy atom. The number of piperidine rings is 1. The minimum atomic E-state index is -3.49. The lowest BCUT2D eigenvalue weighted by atomic mass is 10.1. The molecule has 1 unspecified atom stereocenters. The Kier molecular flexibility index (Phi) is 4.27. The van der Waals surface area contributed by atoms with E-state index in [0.717, 1.165) is 37.1 Å². The number of rotatable bonds is 3. The first-order valence-corrected chi connectivity index (χ1v) is 9.67. The summed E-state index contributed by atoms with van der Waals surface area (Å²) in [6, 6.07) is 3.16. The SMILES string of the molecule is O=C1CCCN1C1CCCN(S(=O)(=O)c2ccc(Cl)s2)C1. The highest BCUT2D eigenvalue weighted by molar-refractivity contribution is 7.91. The van der Waals surface area contributed by atoms with Crippen molar-refractivity contribution in [3.8, 4) is 0 Å². The number of likely N-dealkylation sites (tertiary alicyclic amines) is 1. The smallest absolute Gasteiger partial charge is 0.252 e. The monoisotopic (exact) mass is 348 g/mol. The summed E-state index contributed by atoms with van der Waals surface area (Å²) in [7, 11) is -3.49. The van der Waals surface area contributed by atoms with Crippen LogP contribution < -0.4 is 0 Å². The lowest BCUT2D eigenvalue weighted by Crippen LogP contribution is -2.49. The molecule has 1 aromatic rings. The molecule has 116 valence electrons. The number of amides is 1. The summed E-state index contributed by atoms with van der Waals surface area (Å²) in [5, 5.41) is 0. The zero-order chi connectivity index (χ0) is 15.0. The molecule has 1 amide bonds. The molecule has 8 heteroatoms. The Morgan fingerprint density at radius 2 is 2.05 bits per heavy atom. The zero-order valence-electron chi connectivity index (χ0n) is 11.5. The average Bonchev–Trinajstić information content (AvgIpc) is 3.08. The molecular formula is C13H17ClN2O3S2. The second kappa shape index (κ2) is 5.87. The molecule has 21 heavy (non-hydrogen) atoms. The standard InChI is InChI=1S/C13H17ClN2O3S2/c14-11-5-6-13(20-11)21(18,19)15-7-1-3-10(9-15)16-8-2-4-12(16)17/h5-6,10H,1-4,7-9H2. The van der Waals surface area contributed by atoms with Crippen molar-refractivity contribution < 1.29 is 13.2 Å². The number of carbonyl (C=O) groups is 1. The second-order valence-corrected chi connectivity index (χ2v) is 9.29. The van der Waals surface area contributed by atoms with Crippen molar-refractivity contribution in [1.29, 1.82) is 0 Å². The van der Waals surface area contributed by atoms with E-state index in [1.54, 1.807) is 12.1 Å². The fraction of sp³-hybridized carbons (Fsp3) is 0.615. The van der Waals surface area contributed by atoms with Crippen molar-refractivity contribution in [2.24, 2.45) is 0 Å². The summed E-state index contributed by atoms with van der Waals surface area (Å²) in [6.07, 6.45) is 3.13. The predicted octanol–water partition coefficient (Wildman–Crippen LogP) is 2.18. The number of thiophene rings is 1. The van der Waals surface area contributed by atoms with Gasteiger partial charge in [-0.3, -0.25) is 4.79 Å². The molecule has 1 atom stereocenters. The molecular weight excluding hydrogens is 332 g/mol. The molecule has 2 saturated heterocycles. The Balaban J connectivity index is 1.78. The molecule has 0 saturated carbocycles. The van der Waals surface area contributed by atoms with E-state index < -0.39 is 10.0 Å². The summed E-state index contributed by atoms with van der Waals surface area (Å²) in [4.78, 5) is 13.7. The van der Waals surface area contributed by atoms with Crippen LogP contribution in [0.15, 0.2) is 16.3 Å². The first-order chi connectivity index (χ1) is 9.98. The maximum absolute atomic E-state index is 12.6. The van der Waals surface area contributed by atoms with Crippen LogP contribution in [-0.4, -0.2) is 49.2 Å². The van der Waals surface area contributed by atoms with Crippen LogP contribution in [0.25, 0.3) is 0 Å². The van der Waals surface area contributed by atoms with E-state index >= 15 is 0 Å². The van der Waals surface area contributed by atoms with Gasteiger partial charge in [0.25, 0.3) is 10.0 Å². The van der Waals surface area contributed by atoms with E-state index in [1.165, 1.54) is 4.31 Å². The average molecular weight is 349 g/mol. The third kappa shape index (κ3) is 2.97. The maximum Gasteiger partial charge on any atom is 0.252 e. The van der Waals surface area contributed by atoms with Gasteiger partial charge >= 0.3 is 0 Å². The molecule has 2 fully saturated rings. The number of hydrogen-bond donors (Lipinski definition) is 0. The van der Waals surface area contributed by atoms with Gasteiger partial charge < -0.3 is 4.90 Å². The fourth-order valence-corrected chi connectivity index (χ4v) is 6.17. The Hall–Kier alpha value is -0.630. The highest BCUT2D eigenvalue weighted by atomic mass is 35.5. The number of carbonyl (C=O) groups excluding carboxylic acids is 1. The van der Waals surface area contributed by atoms with Gasteiger partial charge in [0.2, 0.25) is 5.91 Å². The number of halogens is 1. The van der Waals surface area contributed by atoms with E-state index in [9.17, 15) is 13.2 Å². The molecule has 1 aromatic heterocycles. The van der Waals surface area contributed by atoms with Gasteiger partial charge in [0.1, 0.15) is 4.21 Å². The van der Waals surface area contributed by atoms with E-state index in [-0.39, 0.29) is 16.2 Å². The summed E-state index contributed by atoms with van der Waals surface area (Å²) in [5.74, 6) is 0.151. The van der Waals surface area contributed by atoms with Crippen LogP contribution in [0, 0.1) is 0 Å². The van der Waals surface area contributed by atoms with Crippen LogP contribution in [-0.2, 0) is 14.8 Å². The molecule has 0 aromatic carbocycles.